The summed E-state index contributed by atoms with van der Waals surface area (Å²) >= 11 is 0. The molecule has 120 valence electrons. The minimum absolute atomic E-state index is 0.0393. The van der Waals surface area contributed by atoms with Crippen LogP contribution in [-0.2, 0) is 0 Å². The van der Waals surface area contributed by atoms with Crippen LogP contribution < -0.4 is 30.3 Å². The van der Waals surface area contributed by atoms with Gasteiger partial charge in [-0.3, -0.25) is 5.41 Å². The largest absolute Gasteiger partial charge is 0.374 e. The molecule has 7 nitrogen and oxygen atoms in total. The number of anilines is 4. The zero-order valence-corrected chi connectivity index (χ0v) is 14.7. The summed E-state index contributed by atoms with van der Waals surface area (Å²) in [6.45, 7) is 0. The van der Waals surface area contributed by atoms with Gasteiger partial charge in [0.05, 0.1) is 22.7 Å². The maximum atomic E-state index is 8.05. The minimum Gasteiger partial charge on any atom is -0.374 e. The number of hydrogen-bond acceptors (Lipinski definition) is 5. The first-order chi connectivity index (χ1) is 10.2. The predicted molar refractivity (Wildman–Crippen MR) is 93.8 cm³/mol. The lowest BCUT2D eigenvalue weighted by Crippen LogP contribution is -2.10. The van der Waals surface area contributed by atoms with Crippen LogP contribution in [-0.4, -0.2) is 62.3 Å². The third-order valence-corrected chi connectivity index (χ3v) is 3.45. The molecule has 2 aromatic carbocycles. The summed E-state index contributed by atoms with van der Waals surface area (Å²) in [6.07, 6.45) is 0. The summed E-state index contributed by atoms with van der Waals surface area (Å²) in [5.41, 5.74) is 4.28. The fourth-order valence-corrected chi connectivity index (χ4v) is 2.46. The van der Waals surface area contributed by atoms with Crippen molar-refractivity contribution in [1.29, 1.82) is 5.41 Å². The van der Waals surface area contributed by atoms with Crippen molar-refractivity contribution in [2.24, 2.45) is 9.98 Å². The first-order valence-corrected chi connectivity index (χ1v) is 7.12. The van der Waals surface area contributed by atoms with Crippen molar-refractivity contribution < 1.29 is 0 Å². The van der Waals surface area contributed by atoms with Crippen molar-refractivity contribution >= 4 is 28.7 Å². The first-order valence-electron chi connectivity index (χ1n) is 7.12. The molecule has 0 aliphatic carbocycles. The molecule has 0 saturated heterocycles. The molecule has 0 aromatic heterocycles. The molecule has 0 atom stereocenters. The molecule has 0 heterocycles. The predicted octanol–water partition coefficient (Wildman–Crippen LogP) is 0.138. The van der Waals surface area contributed by atoms with Crippen molar-refractivity contribution in [3.8, 4) is 0 Å². The third-order valence-electron chi connectivity index (χ3n) is 3.45. The van der Waals surface area contributed by atoms with Crippen LogP contribution in [0.5, 0.6) is 0 Å². The highest BCUT2D eigenvalue weighted by Crippen LogP contribution is 2.30. The van der Waals surface area contributed by atoms with Gasteiger partial charge in [-0.2, -0.15) is 0 Å². The van der Waals surface area contributed by atoms with Gasteiger partial charge in [-0.15, -0.1) is 0 Å². The molecule has 0 fully saturated rings. The molecular weight excluding hydrogens is 278 g/mol. The highest BCUT2D eigenvalue weighted by Gasteiger charge is 2.26. The van der Waals surface area contributed by atoms with Gasteiger partial charge in [-0.1, -0.05) is 0 Å². The summed E-state index contributed by atoms with van der Waals surface area (Å²) in [7, 11) is 15.8. The molecule has 7 heteroatoms. The standard InChI is InChI=1S/C15H25N7/c1-19(2)11-9(12(11)20(3)4)17-15(16)18-10-13(21(5)6)14(10)22(7)8/h16H,1-8H3. The van der Waals surface area contributed by atoms with Gasteiger partial charge < -0.3 is 19.6 Å². The average molecular weight is 303 g/mol. The molecule has 0 unspecified atom stereocenters. The van der Waals surface area contributed by atoms with Crippen LogP contribution in [0.15, 0.2) is 9.98 Å². The molecular formula is C15H25N7. The Hall–Kier alpha value is -2.31. The molecule has 0 aliphatic heterocycles. The van der Waals surface area contributed by atoms with E-state index < -0.39 is 0 Å². The molecule has 0 amide bonds. The van der Waals surface area contributed by atoms with Gasteiger partial charge in [0.2, 0.25) is 5.96 Å². The Morgan fingerprint density at radius 2 is 0.818 bits per heavy atom. The van der Waals surface area contributed by atoms with Gasteiger partial charge in [0.25, 0.3) is 0 Å². The quantitative estimate of drug-likeness (QED) is 0.645. The van der Waals surface area contributed by atoms with Crippen LogP contribution in [0, 0.1) is 5.41 Å². The Morgan fingerprint density at radius 3 is 1.00 bits per heavy atom. The highest BCUT2D eigenvalue weighted by molar-refractivity contribution is 5.91. The molecule has 0 bridgehead atoms. The van der Waals surface area contributed by atoms with E-state index in [-0.39, 0.29) is 5.96 Å². The molecule has 0 saturated carbocycles. The van der Waals surface area contributed by atoms with E-state index in [1.54, 1.807) is 0 Å². The molecule has 0 aliphatic rings. The number of nitrogens with one attached hydrogen (secondary N) is 1. The van der Waals surface area contributed by atoms with E-state index in [1.807, 2.05) is 76.0 Å². The lowest BCUT2D eigenvalue weighted by Gasteiger charge is -2.07. The van der Waals surface area contributed by atoms with Gasteiger partial charge in [0.1, 0.15) is 10.7 Å². The molecule has 2 aromatic rings. The van der Waals surface area contributed by atoms with Gasteiger partial charge in [0, 0.05) is 56.4 Å². The zero-order valence-electron chi connectivity index (χ0n) is 14.7. The fourth-order valence-electron chi connectivity index (χ4n) is 2.46. The van der Waals surface area contributed by atoms with Crippen molar-refractivity contribution in [1.82, 2.24) is 0 Å². The van der Waals surface area contributed by atoms with E-state index in [1.165, 1.54) is 0 Å². The van der Waals surface area contributed by atoms with Crippen molar-refractivity contribution in [3.05, 3.63) is 10.7 Å². The minimum atomic E-state index is 0.0393. The average Bonchev–Trinajstić information content (AvgIpc) is 3.21. The van der Waals surface area contributed by atoms with Crippen LogP contribution in [0.1, 0.15) is 0 Å². The smallest absolute Gasteiger partial charge is 0.243 e. The topological polar surface area (TPSA) is 61.5 Å². The van der Waals surface area contributed by atoms with E-state index in [4.69, 9.17) is 5.41 Å². The maximum absolute atomic E-state index is 8.05. The van der Waals surface area contributed by atoms with Crippen LogP contribution in [0.4, 0.5) is 22.7 Å². The van der Waals surface area contributed by atoms with E-state index in [2.05, 4.69) is 9.98 Å². The van der Waals surface area contributed by atoms with Gasteiger partial charge in [-0.05, 0) is 0 Å². The summed E-state index contributed by atoms with van der Waals surface area (Å²) < 4.78 is 0. The molecule has 0 spiro atoms. The Kier molecular flexibility index (Phi) is 4.00. The Balaban J connectivity index is 2.31. The first kappa shape index (κ1) is 16.1. The van der Waals surface area contributed by atoms with Crippen LogP contribution in [0.25, 0.3) is 0 Å². The fraction of sp³-hybridized carbons (Fsp3) is 0.533. The number of guanidine groups is 1. The van der Waals surface area contributed by atoms with Gasteiger partial charge in [-0.25, -0.2) is 9.98 Å². The molecule has 0 radical (unpaired) electrons. The Bertz CT molecular complexity index is 621. The van der Waals surface area contributed by atoms with E-state index in [9.17, 15) is 0 Å². The Morgan fingerprint density at radius 1 is 0.591 bits per heavy atom. The van der Waals surface area contributed by atoms with E-state index >= 15 is 0 Å². The van der Waals surface area contributed by atoms with Crippen molar-refractivity contribution in [3.63, 3.8) is 0 Å². The zero-order chi connectivity index (χ0) is 16.8. The van der Waals surface area contributed by atoms with Crippen molar-refractivity contribution in [2.75, 3.05) is 76.0 Å². The highest BCUT2D eigenvalue weighted by atomic mass is 15.2. The van der Waals surface area contributed by atoms with E-state index in [0.29, 0.717) is 0 Å². The summed E-state index contributed by atoms with van der Waals surface area (Å²) in [5.74, 6) is 0.0393. The second kappa shape index (κ2) is 5.47. The summed E-state index contributed by atoms with van der Waals surface area (Å²) in [4.78, 5) is 16.8. The second-order valence-corrected chi connectivity index (χ2v) is 6.22. The lowest BCUT2D eigenvalue weighted by atomic mass is 10.7. The Labute approximate surface area is 131 Å². The van der Waals surface area contributed by atoms with E-state index in [0.717, 1.165) is 33.5 Å². The number of rotatable bonds is 4. The van der Waals surface area contributed by atoms with Crippen LogP contribution >= 0.6 is 0 Å². The van der Waals surface area contributed by atoms with Crippen LogP contribution in [0.3, 0.4) is 0 Å². The van der Waals surface area contributed by atoms with Crippen LogP contribution in [0.2, 0.25) is 0 Å². The monoisotopic (exact) mass is 303 g/mol. The third kappa shape index (κ3) is 2.84. The normalized spacial score (nSPS) is 10.9. The molecule has 1 N–H and O–H groups in total. The molecule has 2 rings (SSSR count). The lowest BCUT2D eigenvalue weighted by molar-refractivity contribution is 1.12. The second-order valence-electron chi connectivity index (χ2n) is 6.22. The number of nitrogens with zero attached hydrogens (tertiary/aromatic N) is 6. The molecule has 22 heavy (non-hydrogen) atoms. The van der Waals surface area contributed by atoms with Gasteiger partial charge in [0.15, 0.2) is 0 Å². The number of hydrogen-bond donors (Lipinski definition) is 1. The summed E-state index contributed by atoms with van der Waals surface area (Å²) in [5, 5.41) is 9.75. The summed E-state index contributed by atoms with van der Waals surface area (Å²) in [6, 6.07) is 0. The van der Waals surface area contributed by atoms with Gasteiger partial charge >= 0.3 is 0 Å². The maximum Gasteiger partial charge on any atom is 0.243 e. The SMILES string of the molecule is CN(C)c1c(N(C)C)c1=NC(=N)N=c1c(N(C)C)c1N(C)C. The van der Waals surface area contributed by atoms with Crippen molar-refractivity contribution in [2.45, 2.75) is 0 Å².